The first-order chi connectivity index (χ1) is 9.90. The van der Waals surface area contributed by atoms with Crippen molar-refractivity contribution in [2.24, 2.45) is 7.05 Å². The molecule has 1 unspecified atom stereocenters. The Balaban J connectivity index is 2.46. The molecule has 6 nitrogen and oxygen atoms in total. The molecule has 2 aromatic rings. The molecule has 6 heteroatoms. The summed E-state index contributed by atoms with van der Waals surface area (Å²) in [5.74, 6) is -1.48. The highest BCUT2D eigenvalue weighted by Gasteiger charge is 2.21. The zero-order valence-corrected chi connectivity index (χ0v) is 12.1. The molecule has 1 atom stereocenters. The van der Waals surface area contributed by atoms with Crippen molar-refractivity contribution < 1.29 is 14.7 Å². The van der Waals surface area contributed by atoms with E-state index in [0.717, 1.165) is 16.8 Å². The van der Waals surface area contributed by atoms with Crippen LogP contribution in [0.2, 0.25) is 0 Å². The van der Waals surface area contributed by atoms with Crippen LogP contribution < -0.4 is 5.32 Å². The molecular weight excluding hydrogens is 270 g/mol. The van der Waals surface area contributed by atoms with Crippen molar-refractivity contribution in [2.45, 2.75) is 19.9 Å². The molecule has 110 valence electrons. The molecule has 0 bridgehead atoms. The highest BCUT2D eigenvalue weighted by molar-refractivity contribution is 5.83. The molecule has 1 amide bonds. The van der Waals surface area contributed by atoms with E-state index in [-0.39, 0.29) is 5.91 Å². The molecule has 0 saturated heterocycles. The van der Waals surface area contributed by atoms with Crippen LogP contribution in [0.5, 0.6) is 0 Å². The Morgan fingerprint density at radius 2 is 2.10 bits per heavy atom. The highest BCUT2D eigenvalue weighted by Crippen LogP contribution is 2.25. The van der Waals surface area contributed by atoms with Gasteiger partial charge in [-0.05, 0) is 24.1 Å². The van der Waals surface area contributed by atoms with Gasteiger partial charge in [-0.3, -0.25) is 9.48 Å². The maximum atomic E-state index is 11.3. The van der Waals surface area contributed by atoms with Crippen molar-refractivity contribution in [1.82, 2.24) is 15.1 Å². The molecule has 0 fully saturated rings. The molecule has 0 spiro atoms. The number of hydrogen-bond donors (Lipinski definition) is 2. The average molecular weight is 287 g/mol. The van der Waals surface area contributed by atoms with Gasteiger partial charge in [0.1, 0.15) is 0 Å². The van der Waals surface area contributed by atoms with Crippen LogP contribution in [-0.2, 0) is 16.6 Å². The van der Waals surface area contributed by atoms with E-state index < -0.39 is 12.0 Å². The van der Waals surface area contributed by atoms with E-state index in [1.807, 2.05) is 20.0 Å². The van der Waals surface area contributed by atoms with Gasteiger partial charge < -0.3 is 10.4 Å². The predicted molar refractivity (Wildman–Crippen MR) is 77.6 cm³/mol. The third kappa shape index (κ3) is 3.10. The lowest BCUT2D eigenvalue weighted by molar-refractivity contribution is -0.141. The third-order valence-corrected chi connectivity index (χ3v) is 3.21. The minimum atomic E-state index is -1.09. The number of benzene rings is 1. The van der Waals surface area contributed by atoms with Crippen molar-refractivity contribution in [2.75, 3.05) is 0 Å². The lowest BCUT2D eigenvalue weighted by atomic mass is 10.0. The zero-order chi connectivity index (χ0) is 15.6. The summed E-state index contributed by atoms with van der Waals surface area (Å²) in [6.45, 7) is 3.24. The Bertz CT molecular complexity index is 672. The minimum absolute atomic E-state index is 0.385. The van der Waals surface area contributed by atoms with E-state index in [4.69, 9.17) is 0 Å². The monoisotopic (exact) mass is 287 g/mol. The lowest BCUT2D eigenvalue weighted by Gasteiger charge is -2.15. The van der Waals surface area contributed by atoms with Gasteiger partial charge in [0.2, 0.25) is 5.91 Å². The van der Waals surface area contributed by atoms with Crippen molar-refractivity contribution >= 4 is 11.9 Å². The van der Waals surface area contributed by atoms with E-state index in [1.54, 1.807) is 29.1 Å². The molecule has 0 radical (unpaired) electrons. The summed E-state index contributed by atoms with van der Waals surface area (Å²) < 4.78 is 1.74. The van der Waals surface area contributed by atoms with Crippen LogP contribution in [0.25, 0.3) is 11.3 Å². The second-order valence-corrected chi connectivity index (χ2v) is 4.90. The van der Waals surface area contributed by atoms with Crippen LogP contribution in [0, 0.1) is 6.92 Å². The fourth-order valence-corrected chi connectivity index (χ4v) is 2.32. The van der Waals surface area contributed by atoms with Gasteiger partial charge in [-0.25, -0.2) is 4.79 Å². The first-order valence-corrected chi connectivity index (χ1v) is 6.49. The maximum absolute atomic E-state index is 11.3. The lowest BCUT2D eigenvalue weighted by Crippen LogP contribution is -2.31. The highest BCUT2D eigenvalue weighted by atomic mass is 16.4. The SMILES string of the molecule is CC(=O)NC(C(=O)O)c1cccc(-c2c(C)cnn2C)c1. The summed E-state index contributed by atoms with van der Waals surface area (Å²) >= 11 is 0. The van der Waals surface area contributed by atoms with Crippen LogP contribution in [0.1, 0.15) is 24.1 Å². The smallest absolute Gasteiger partial charge is 0.330 e. The van der Waals surface area contributed by atoms with E-state index >= 15 is 0 Å². The van der Waals surface area contributed by atoms with Crippen LogP contribution in [0.15, 0.2) is 30.5 Å². The Labute approximate surface area is 122 Å². The van der Waals surface area contributed by atoms with Crippen molar-refractivity contribution in [3.8, 4) is 11.3 Å². The fraction of sp³-hybridized carbons (Fsp3) is 0.267. The summed E-state index contributed by atoms with van der Waals surface area (Å²) in [7, 11) is 1.83. The number of nitrogens with zero attached hydrogens (tertiary/aromatic N) is 2. The first-order valence-electron chi connectivity index (χ1n) is 6.49. The number of carbonyl (C=O) groups excluding carboxylic acids is 1. The molecule has 2 N–H and O–H groups in total. The number of amides is 1. The zero-order valence-electron chi connectivity index (χ0n) is 12.1. The van der Waals surface area contributed by atoms with Gasteiger partial charge in [-0.1, -0.05) is 18.2 Å². The van der Waals surface area contributed by atoms with Crippen molar-refractivity contribution in [3.05, 3.63) is 41.6 Å². The van der Waals surface area contributed by atoms with Gasteiger partial charge in [0, 0.05) is 19.5 Å². The van der Waals surface area contributed by atoms with Gasteiger partial charge >= 0.3 is 5.97 Å². The van der Waals surface area contributed by atoms with Gasteiger partial charge in [0.15, 0.2) is 6.04 Å². The Kier molecular flexibility index (Phi) is 4.07. The van der Waals surface area contributed by atoms with Crippen molar-refractivity contribution in [3.63, 3.8) is 0 Å². The van der Waals surface area contributed by atoms with Crippen LogP contribution in [0.4, 0.5) is 0 Å². The van der Waals surface area contributed by atoms with Gasteiger partial charge in [0.25, 0.3) is 0 Å². The molecule has 2 rings (SSSR count). The maximum Gasteiger partial charge on any atom is 0.330 e. The summed E-state index contributed by atoms with van der Waals surface area (Å²) in [6, 6.07) is 6.05. The van der Waals surface area contributed by atoms with Crippen LogP contribution >= 0.6 is 0 Å². The molecule has 1 heterocycles. The molecule has 0 aliphatic heterocycles. The number of hydrogen-bond acceptors (Lipinski definition) is 3. The van der Waals surface area contributed by atoms with Crippen LogP contribution in [-0.4, -0.2) is 26.8 Å². The molecule has 1 aromatic carbocycles. The summed E-state index contributed by atoms with van der Waals surface area (Å²) in [6.07, 6.45) is 1.75. The topological polar surface area (TPSA) is 84.2 Å². The molecule has 1 aromatic heterocycles. The molecule has 21 heavy (non-hydrogen) atoms. The fourth-order valence-electron chi connectivity index (χ4n) is 2.32. The number of rotatable bonds is 4. The summed E-state index contributed by atoms with van der Waals surface area (Å²) in [5.41, 5.74) is 3.31. The first kappa shape index (κ1) is 14.8. The number of carboxylic acid groups (broad SMARTS) is 1. The van der Waals surface area contributed by atoms with Crippen LogP contribution in [0.3, 0.4) is 0 Å². The second kappa shape index (κ2) is 5.78. The second-order valence-electron chi connectivity index (χ2n) is 4.90. The number of aliphatic carboxylic acids is 1. The average Bonchev–Trinajstić information content (AvgIpc) is 2.75. The molecule has 0 aliphatic rings. The molecule has 0 aliphatic carbocycles. The third-order valence-electron chi connectivity index (χ3n) is 3.21. The number of aryl methyl sites for hydroxylation is 2. The van der Waals surface area contributed by atoms with E-state index in [9.17, 15) is 14.7 Å². The Morgan fingerprint density at radius 1 is 1.38 bits per heavy atom. The Morgan fingerprint density at radius 3 is 2.62 bits per heavy atom. The normalized spacial score (nSPS) is 12.0. The number of carboxylic acids is 1. The number of carbonyl (C=O) groups is 2. The van der Waals surface area contributed by atoms with Crippen molar-refractivity contribution in [1.29, 1.82) is 0 Å². The standard InChI is InChI=1S/C15H17N3O3/c1-9-8-16-18(3)14(9)12-6-4-5-11(7-12)13(15(20)21)17-10(2)19/h4-8,13H,1-3H3,(H,17,19)(H,20,21). The summed E-state index contributed by atoms with van der Waals surface area (Å²) in [5, 5.41) is 15.9. The largest absolute Gasteiger partial charge is 0.479 e. The molecule has 0 saturated carbocycles. The predicted octanol–water partition coefficient (Wildman–Crippen LogP) is 1.66. The number of nitrogens with one attached hydrogen (secondary N) is 1. The van der Waals surface area contributed by atoms with E-state index in [2.05, 4.69) is 10.4 Å². The van der Waals surface area contributed by atoms with Gasteiger partial charge in [0.05, 0.1) is 11.9 Å². The Hall–Kier alpha value is -2.63. The summed E-state index contributed by atoms with van der Waals surface area (Å²) in [4.78, 5) is 22.5. The van der Waals surface area contributed by atoms with Gasteiger partial charge in [-0.2, -0.15) is 5.10 Å². The van der Waals surface area contributed by atoms with E-state index in [1.165, 1.54) is 6.92 Å². The van der Waals surface area contributed by atoms with Gasteiger partial charge in [-0.15, -0.1) is 0 Å². The quantitative estimate of drug-likeness (QED) is 0.895. The molecular formula is C15H17N3O3. The minimum Gasteiger partial charge on any atom is -0.479 e. The van der Waals surface area contributed by atoms with E-state index in [0.29, 0.717) is 5.56 Å². The number of aromatic nitrogens is 2.